The van der Waals surface area contributed by atoms with Crippen LogP contribution in [0.4, 0.5) is 0 Å². The zero-order valence-corrected chi connectivity index (χ0v) is 14.1. The van der Waals surface area contributed by atoms with E-state index in [0.29, 0.717) is 17.5 Å². The molecule has 5 heteroatoms. The number of aryl methyl sites for hydroxylation is 1. The SMILES string of the molecule is CC(C)c1cc(C(=O)NC(c2cccs2)C(C)C)n(C)n1. The Bertz CT molecular complexity index is 599. The lowest BCUT2D eigenvalue weighted by atomic mass is 10.0. The lowest BCUT2D eigenvalue weighted by Crippen LogP contribution is -2.32. The Kier molecular flexibility index (Phi) is 4.83. The number of aromatic nitrogens is 2. The Hall–Kier alpha value is -1.62. The summed E-state index contributed by atoms with van der Waals surface area (Å²) >= 11 is 1.67. The second kappa shape index (κ2) is 6.43. The van der Waals surface area contributed by atoms with Crippen molar-refractivity contribution < 1.29 is 4.79 Å². The quantitative estimate of drug-likeness (QED) is 0.915. The summed E-state index contributed by atoms with van der Waals surface area (Å²) in [5.41, 5.74) is 1.56. The third kappa shape index (κ3) is 3.53. The number of carbonyl (C=O) groups excluding carboxylic acids is 1. The summed E-state index contributed by atoms with van der Waals surface area (Å²) in [6.45, 7) is 8.39. The van der Waals surface area contributed by atoms with Gasteiger partial charge in [0.15, 0.2) is 0 Å². The van der Waals surface area contributed by atoms with Crippen molar-refractivity contribution in [2.24, 2.45) is 13.0 Å². The third-order valence-electron chi connectivity index (χ3n) is 3.53. The summed E-state index contributed by atoms with van der Waals surface area (Å²) in [4.78, 5) is 13.7. The molecule has 0 bridgehead atoms. The van der Waals surface area contributed by atoms with Gasteiger partial charge in [0.05, 0.1) is 11.7 Å². The zero-order valence-electron chi connectivity index (χ0n) is 13.3. The smallest absolute Gasteiger partial charge is 0.270 e. The van der Waals surface area contributed by atoms with E-state index in [2.05, 4.69) is 44.2 Å². The number of rotatable bonds is 5. The van der Waals surface area contributed by atoms with Crippen LogP contribution in [0.2, 0.25) is 0 Å². The number of hydrogen-bond donors (Lipinski definition) is 1. The molecule has 0 saturated carbocycles. The Morgan fingerprint density at radius 1 is 1.33 bits per heavy atom. The molecular formula is C16H23N3OS. The van der Waals surface area contributed by atoms with Crippen molar-refractivity contribution in [1.82, 2.24) is 15.1 Å². The number of carbonyl (C=O) groups is 1. The normalized spacial score (nSPS) is 12.9. The van der Waals surface area contributed by atoms with Crippen LogP contribution in [0.1, 0.15) is 60.7 Å². The van der Waals surface area contributed by atoms with Crippen LogP contribution in [0.15, 0.2) is 23.6 Å². The first kappa shape index (κ1) is 15.8. The van der Waals surface area contributed by atoms with Gasteiger partial charge >= 0.3 is 0 Å². The number of nitrogens with one attached hydrogen (secondary N) is 1. The lowest BCUT2D eigenvalue weighted by molar-refractivity contribution is 0.0917. The van der Waals surface area contributed by atoms with Crippen molar-refractivity contribution in [3.8, 4) is 0 Å². The zero-order chi connectivity index (χ0) is 15.6. The van der Waals surface area contributed by atoms with Gasteiger partial charge in [-0.3, -0.25) is 9.48 Å². The van der Waals surface area contributed by atoms with Gasteiger partial charge in [0.25, 0.3) is 5.91 Å². The van der Waals surface area contributed by atoms with E-state index in [1.165, 1.54) is 4.88 Å². The molecule has 2 aromatic rings. The number of thiophene rings is 1. The molecule has 1 atom stereocenters. The van der Waals surface area contributed by atoms with Gasteiger partial charge in [-0.25, -0.2) is 0 Å². The summed E-state index contributed by atoms with van der Waals surface area (Å²) in [6.07, 6.45) is 0. The highest BCUT2D eigenvalue weighted by Gasteiger charge is 2.22. The fourth-order valence-electron chi connectivity index (χ4n) is 2.23. The molecule has 0 aliphatic heterocycles. The molecule has 114 valence electrons. The number of nitrogens with zero attached hydrogens (tertiary/aromatic N) is 2. The van der Waals surface area contributed by atoms with Crippen LogP contribution in [0, 0.1) is 5.92 Å². The molecule has 0 aromatic carbocycles. The molecule has 1 N–H and O–H groups in total. The lowest BCUT2D eigenvalue weighted by Gasteiger charge is -2.21. The van der Waals surface area contributed by atoms with E-state index >= 15 is 0 Å². The monoisotopic (exact) mass is 305 g/mol. The molecule has 2 heterocycles. The Balaban J connectivity index is 2.20. The Morgan fingerprint density at radius 2 is 2.05 bits per heavy atom. The summed E-state index contributed by atoms with van der Waals surface area (Å²) in [6, 6.07) is 6.00. The molecule has 1 unspecified atom stereocenters. The predicted molar refractivity (Wildman–Crippen MR) is 86.7 cm³/mol. The molecule has 2 rings (SSSR count). The topological polar surface area (TPSA) is 46.9 Å². The van der Waals surface area contributed by atoms with E-state index in [4.69, 9.17) is 0 Å². The molecule has 2 aromatic heterocycles. The van der Waals surface area contributed by atoms with Crippen molar-refractivity contribution >= 4 is 17.2 Å². The Morgan fingerprint density at radius 3 is 2.52 bits per heavy atom. The average molecular weight is 305 g/mol. The summed E-state index contributed by atoms with van der Waals surface area (Å²) in [7, 11) is 1.82. The largest absolute Gasteiger partial charge is 0.343 e. The first-order valence-electron chi connectivity index (χ1n) is 7.28. The van der Waals surface area contributed by atoms with Gasteiger partial charge in [-0.2, -0.15) is 5.10 Å². The van der Waals surface area contributed by atoms with E-state index in [1.54, 1.807) is 16.0 Å². The van der Waals surface area contributed by atoms with Crippen molar-refractivity contribution in [1.29, 1.82) is 0 Å². The molecule has 1 amide bonds. The number of hydrogen-bond acceptors (Lipinski definition) is 3. The van der Waals surface area contributed by atoms with E-state index in [-0.39, 0.29) is 11.9 Å². The van der Waals surface area contributed by atoms with Gasteiger partial charge in [-0.05, 0) is 29.3 Å². The molecule has 0 aliphatic carbocycles. The maximum atomic E-state index is 12.5. The van der Waals surface area contributed by atoms with Crippen molar-refractivity contribution in [2.75, 3.05) is 0 Å². The van der Waals surface area contributed by atoms with Crippen molar-refractivity contribution in [2.45, 2.75) is 39.7 Å². The Labute approximate surface area is 130 Å². The summed E-state index contributed by atoms with van der Waals surface area (Å²) in [5, 5.41) is 9.58. The highest BCUT2D eigenvalue weighted by atomic mass is 32.1. The van der Waals surface area contributed by atoms with Crippen molar-refractivity contribution in [3.05, 3.63) is 39.8 Å². The van der Waals surface area contributed by atoms with Gasteiger partial charge in [0.2, 0.25) is 0 Å². The molecule has 0 fully saturated rings. The van der Waals surface area contributed by atoms with Crippen LogP contribution in [0.25, 0.3) is 0 Å². The first-order chi connectivity index (χ1) is 9.90. The van der Waals surface area contributed by atoms with Crippen LogP contribution in [0.5, 0.6) is 0 Å². The molecule has 0 radical (unpaired) electrons. The van der Waals surface area contributed by atoms with Crippen LogP contribution in [0.3, 0.4) is 0 Å². The molecule has 21 heavy (non-hydrogen) atoms. The van der Waals surface area contributed by atoms with E-state index in [9.17, 15) is 4.79 Å². The second-order valence-corrected chi connectivity index (χ2v) is 6.92. The first-order valence-corrected chi connectivity index (χ1v) is 8.16. The van der Waals surface area contributed by atoms with E-state index in [0.717, 1.165) is 5.69 Å². The minimum Gasteiger partial charge on any atom is -0.343 e. The van der Waals surface area contributed by atoms with E-state index in [1.807, 2.05) is 24.6 Å². The highest BCUT2D eigenvalue weighted by molar-refractivity contribution is 7.10. The third-order valence-corrected chi connectivity index (χ3v) is 4.48. The minimum atomic E-state index is -0.0657. The van der Waals surface area contributed by atoms with Crippen LogP contribution in [-0.4, -0.2) is 15.7 Å². The molecular weight excluding hydrogens is 282 g/mol. The van der Waals surface area contributed by atoms with Gasteiger partial charge in [-0.1, -0.05) is 33.8 Å². The second-order valence-electron chi connectivity index (χ2n) is 5.94. The molecule has 0 spiro atoms. The van der Waals surface area contributed by atoms with Crippen LogP contribution in [-0.2, 0) is 7.05 Å². The minimum absolute atomic E-state index is 0.0369. The standard InChI is InChI=1S/C16H23N3OS/c1-10(2)12-9-13(19(5)18-12)16(20)17-15(11(3)4)14-7-6-8-21-14/h6-11,15H,1-5H3,(H,17,20). The predicted octanol–water partition coefficient (Wildman–Crippen LogP) is 3.73. The summed E-state index contributed by atoms with van der Waals surface area (Å²) < 4.78 is 1.66. The van der Waals surface area contributed by atoms with Gasteiger partial charge in [-0.15, -0.1) is 11.3 Å². The summed E-state index contributed by atoms with van der Waals surface area (Å²) in [5.74, 6) is 0.588. The maximum absolute atomic E-state index is 12.5. The molecule has 0 saturated heterocycles. The molecule has 0 aliphatic rings. The van der Waals surface area contributed by atoms with Crippen LogP contribution < -0.4 is 5.32 Å². The number of amides is 1. The van der Waals surface area contributed by atoms with E-state index < -0.39 is 0 Å². The van der Waals surface area contributed by atoms with Gasteiger partial charge in [0.1, 0.15) is 5.69 Å². The highest BCUT2D eigenvalue weighted by Crippen LogP contribution is 2.26. The average Bonchev–Trinajstić information content (AvgIpc) is 3.04. The van der Waals surface area contributed by atoms with Crippen molar-refractivity contribution in [3.63, 3.8) is 0 Å². The van der Waals surface area contributed by atoms with Gasteiger partial charge in [0, 0.05) is 11.9 Å². The van der Waals surface area contributed by atoms with Crippen LogP contribution >= 0.6 is 11.3 Å². The maximum Gasteiger partial charge on any atom is 0.270 e. The van der Waals surface area contributed by atoms with Gasteiger partial charge < -0.3 is 5.32 Å². The molecule has 4 nitrogen and oxygen atoms in total. The fourth-order valence-corrected chi connectivity index (χ4v) is 3.18. The fraction of sp³-hybridized carbons (Fsp3) is 0.500.